The fourth-order valence-corrected chi connectivity index (χ4v) is 2.58. The third-order valence-corrected chi connectivity index (χ3v) is 3.98. The number of nitrogens with one attached hydrogen (secondary N) is 1. The molecule has 0 radical (unpaired) electrons. The van der Waals surface area contributed by atoms with E-state index in [9.17, 15) is 4.79 Å². The number of rotatable bonds is 8. The lowest BCUT2D eigenvalue weighted by Gasteiger charge is -2.31. The maximum Gasteiger partial charge on any atom is 0.527 e. The van der Waals surface area contributed by atoms with Crippen molar-refractivity contribution in [3.05, 3.63) is 18.5 Å². The smallest absolute Gasteiger partial charge is 0.433 e. The predicted octanol–water partition coefficient (Wildman–Crippen LogP) is 2.54. The van der Waals surface area contributed by atoms with E-state index in [2.05, 4.69) is 20.3 Å². The van der Waals surface area contributed by atoms with Crippen molar-refractivity contribution in [3.8, 4) is 0 Å². The number of carbonyl (C=O) groups excluding carboxylic acids is 1. The zero-order valence-corrected chi connectivity index (χ0v) is 13.7. The molecule has 1 saturated heterocycles. The Kier molecular flexibility index (Phi) is 7.59. The van der Waals surface area contributed by atoms with Gasteiger partial charge in [0.2, 0.25) is 5.95 Å². The van der Waals surface area contributed by atoms with Crippen LogP contribution in [0.4, 0.5) is 10.7 Å². The zero-order chi connectivity index (χ0) is 16.3. The van der Waals surface area contributed by atoms with E-state index in [1.807, 2.05) is 13.0 Å². The van der Waals surface area contributed by atoms with E-state index in [0.717, 1.165) is 51.1 Å². The van der Waals surface area contributed by atoms with Gasteiger partial charge in [-0.2, -0.15) is 0 Å². The standard InChI is InChI=1S/C16H26N4O3/c1-2-3-13-22-16(21)23-19-10-5-14-6-11-20(12-7-14)15-17-8-4-9-18-15/h4,8-9,14,19H,2-3,5-7,10-13H2,1H3. The van der Waals surface area contributed by atoms with Gasteiger partial charge in [-0.25, -0.2) is 14.8 Å². The fourth-order valence-electron chi connectivity index (χ4n) is 2.58. The van der Waals surface area contributed by atoms with E-state index in [4.69, 9.17) is 9.57 Å². The molecule has 1 aromatic rings. The van der Waals surface area contributed by atoms with Crippen molar-refractivity contribution in [1.82, 2.24) is 15.4 Å². The van der Waals surface area contributed by atoms with Gasteiger partial charge in [0.15, 0.2) is 0 Å². The summed E-state index contributed by atoms with van der Waals surface area (Å²) in [4.78, 5) is 26.9. The highest BCUT2D eigenvalue weighted by Crippen LogP contribution is 2.22. The van der Waals surface area contributed by atoms with E-state index in [0.29, 0.717) is 19.1 Å². The molecular weight excluding hydrogens is 296 g/mol. The monoisotopic (exact) mass is 322 g/mol. The molecule has 23 heavy (non-hydrogen) atoms. The lowest BCUT2D eigenvalue weighted by molar-refractivity contribution is 0.0143. The maximum absolute atomic E-state index is 11.2. The topological polar surface area (TPSA) is 76.6 Å². The summed E-state index contributed by atoms with van der Waals surface area (Å²) >= 11 is 0. The van der Waals surface area contributed by atoms with Crippen molar-refractivity contribution in [2.24, 2.45) is 5.92 Å². The Morgan fingerprint density at radius 3 is 2.78 bits per heavy atom. The number of anilines is 1. The molecule has 0 aromatic carbocycles. The van der Waals surface area contributed by atoms with Gasteiger partial charge in [-0.15, -0.1) is 5.48 Å². The number of piperidine rings is 1. The normalized spacial score (nSPS) is 15.4. The molecule has 1 N–H and O–H groups in total. The van der Waals surface area contributed by atoms with Crippen LogP contribution in [0.3, 0.4) is 0 Å². The molecule has 1 aliphatic rings. The van der Waals surface area contributed by atoms with Gasteiger partial charge < -0.3 is 14.5 Å². The third kappa shape index (κ3) is 6.40. The first-order valence-electron chi connectivity index (χ1n) is 8.38. The molecule has 0 aliphatic carbocycles. The molecule has 128 valence electrons. The zero-order valence-electron chi connectivity index (χ0n) is 13.7. The van der Waals surface area contributed by atoms with E-state index in [-0.39, 0.29) is 0 Å². The largest absolute Gasteiger partial charge is 0.527 e. The highest BCUT2D eigenvalue weighted by molar-refractivity contribution is 5.59. The van der Waals surface area contributed by atoms with Crippen molar-refractivity contribution < 1.29 is 14.4 Å². The minimum atomic E-state index is -0.644. The Morgan fingerprint density at radius 1 is 1.35 bits per heavy atom. The minimum Gasteiger partial charge on any atom is -0.433 e. The Bertz CT molecular complexity index is 450. The number of unbranched alkanes of at least 4 members (excludes halogenated alkanes) is 1. The Hall–Kier alpha value is -1.89. The molecule has 7 nitrogen and oxygen atoms in total. The van der Waals surface area contributed by atoms with Crippen LogP contribution in [-0.2, 0) is 9.57 Å². The molecule has 0 amide bonds. The second kappa shape index (κ2) is 9.99. The summed E-state index contributed by atoms with van der Waals surface area (Å²) in [6.45, 7) is 5.04. The van der Waals surface area contributed by atoms with Crippen molar-refractivity contribution in [2.45, 2.75) is 39.0 Å². The van der Waals surface area contributed by atoms with Gasteiger partial charge in [0.1, 0.15) is 0 Å². The number of nitrogens with zero attached hydrogens (tertiary/aromatic N) is 3. The summed E-state index contributed by atoms with van der Waals surface area (Å²) in [5.41, 5.74) is 2.69. The molecule has 1 aliphatic heterocycles. The minimum absolute atomic E-state index is 0.414. The number of carbonyl (C=O) groups is 1. The van der Waals surface area contributed by atoms with Crippen molar-refractivity contribution >= 4 is 12.1 Å². The Labute approximate surface area is 137 Å². The molecule has 1 fully saturated rings. The quantitative estimate of drug-likeness (QED) is 0.448. The van der Waals surface area contributed by atoms with Gasteiger partial charge in [0, 0.05) is 32.0 Å². The molecule has 0 unspecified atom stereocenters. The number of hydroxylamine groups is 1. The predicted molar refractivity (Wildman–Crippen MR) is 86.9 cm³/mol. The SMILES string of the molecule is CCCCOC(=O)ONCCC1CCN(c2ncccn2)CC1. The van der Waals surface area contributed by atoms with Crippen molar-refractivity contribution in [2.75, 3.05) is 31.1 Å². The van der Waals surface area contributed by atoms with Gasteiger partial charge in [-0.1, -0.05) is 13.3 Å². The molecule has 0 saturated carbocycles. The Morgan fingerprint density at radius 2 is 2.09 bits per heavy atom. The molecule has 0 bridgehead atoms. The van der Waals surface area contributed by atoms with Crippen LogP contribution in [0.5, 0.6) is 0 Å². The van der Waals surface area contributed by atoms with Crippen LogP contribution in [0, 0.1) is 5.92 Å². The first kappa shape index (κ1) is 17.5. The fraction of sp³-hybridized carbons (Fsp3) is 0.688. The van der Waals surface area contributed by atoms with Crippen LogP contribution in [-0.4, -0.2) is 42.4 Å². The summed E-state index contributed by atoms with van der Waals surface area (Å²) in [7, 11) is 0. The van der Waals surface area contributed by atoms with E-state index < -0.39 is 6.16 Å². The van der Waals surface area contributed by atoms with Gasteiger partial charge in [0.25, 0.3) is 0 Å². The lowest BCUT2D eigenvalue weighted by atomic mass is 9.94. The summed E-state index contributed by atoms with van der Waals surface area (Å²) < 4.78 is 4.89. The van der Waals surface area contributed by atoms with Crippen molar-refractivity contribution in [3.63, 3.8) is 0 Å². The van der Waals surface area contributed by atoms with Crippen molar-refractivity contribution in [1.29, 1.82) is 0 Å². The molecule has 2 heterocycles. The highest BCUT2D eigenvalue weighted by atomic mass is 16.8. The van der Waals surface area contributed by atoms with Crippen LogP contribution in [0.1, 0.15) is 39.0 Å². The number of hydrogen-bond donors (Lipinski definition) is 1. The number of aromatic nitrogens is 2. The molecule has 0 atom stereocenters. The molecule has 7 heteroatoms. The first-order chi connectivity index (χ1) is 11.3. The summed E-state index contributed by atoms with van der Waals surface area (Å²) in [5.74, 6) is 1.43. The summed E-state index contributed by atoms with van der Waals surface area (Å²) in [6.07, 6.45) is 7.93. The third-order valence-electron chi connectivity index (χ3n) is 3.98. The van der Waals surface area contributed by atoms with E-state index in [1.165, 1.54) is 0 Å². The highest BCUT2D eigenvalue weighted by Gasteiger charge is 2.20. The molecular formula is C16H26N4O3. The van der Waals surface area contributed by atoms with E-state index >= 15 is 0 Å². The van der Waals surface area contributed by atoms with Gasteiger partial charge in [-0.3, -0.25) is 0 Å². The summed E-state index contributed by atoms with van der Waals surface area (Å²) in [6, 6.07) is 1.83. The van der Waals surface area contributed by atoms with Crippen LogP contribution >= 0.6 is 0 Å². The van der Waals surface area contributed by atoms with Gasteiger partial charge >= 0.3 is 6.16 Å². The van der Waals surface area contributed by atoms with Gasteiger partial charge in [-0.05, 0) is 37.7 Å². The van der Waals surface area contributed by atoms with Crippen LogP contribution in [0.25, 0.3) is 0 Å². The van der Waals surface area contributed by atoms with Crippen LogP contribution in [0.15, 0.2) is 18.5 Å². The molecule has 2 rings (SSSR count). The summed E-state index contributed by atoms with van der Waals surface area (Å²) in [5, 5.41) is 0. The van der Waals surface area contributed by atoms with E-state index in [1.54, 1.807) is 12.4 Å². The maximum atomic E-state index is 11.2. The second-order valence-corrected chi connectivity index (χ2v) is 5.72. The molecule has 0 spiro atoms. The average Bonchev–Trinajstić information content (AvgIpc) is 2.60. The number of ether oxygens (including phenoxy) is 1. The number of hydrogen-bond acceptors (Lipinski definition) is 7. The first-order valence-corrected chi connectivity index (χ1v) is 8.38. The Balaban J connectivity index is 1.54. The lowest BCUT2D eigenvalue weighted by Crippen LogP contribution is -2.35. The second-order valence-electron chi connectivity index (χ2n) is 5.72. The van der Waals surface area contributed by atoms with Crippen LogP contribution in [0.2, 0.25) is 0 Å². The average molecular weight is 322 g/mol. The van der Waals surface area contributed by atoms with Crippen LogP contribution < -0.4 is 10.4 Å². The molecule has 1 aromatic heterocycles. The van der Waals surface area contributed by atoms with Gasteiger partial charge in [0.05, 0.1) is 6.61 Å².